The highest BCUT2D eigenvalue weighted by molar-refractivity contribution is 5.88. The lowest BCUT2D eigenvalue weighted by atomic mass is 10.0. The second-order valence-corrected chi connectivity index (χ2v) is 6.27. The summed E-state index contributed by atoms with van der Waals surface area (Å²) in [5.41, 5.74) is 0. The summed E-state index contributed by atoms with van der Waals surface area (Å²) in [4.78, 5) is 14.2. The maximum atomic E-state index is 12.3. The van der Waals surface area contributed by atoms with Gasteiger partial charge in [0.05, 0.1) is 12.6 Å². The van der Waals surface area contributed by atoms with Gasteiger partial charge < -0.3 is 9.64 Å². The normalized spacial score (nSPS) is 25.9. The minimum Gasteiger partial charge on any atom is -0.382 e. The summed E-state index contributed by atoms with van der Waals surface area (Å²) in [7, 11) is 1.67. The minimum absolute atomic E-state index is 0.0194. The molecule has 2 heterocycles. The number of aromatic nitrogens is 2. The van der Waals surface area contributed by atoms with Crippen LogP contribution in [0.25, 0.3) is 0 Å². The van der Waals surface area contributed by atoms with E-state index in [1.165, 1.54) is 19.3 Å². The number of carbonyl (C=O) groups excluding carboxylic acids is 1. The van der Waals surface area contributed by atoms with Crippen LogP contribution in [-0.4, -0.2) is 47.5 Å². The number of methoxy groups -OCH3 is 1. The molecule has 1 saturated carbocycles. The summed E-state index contributed by atoms with van der Waals surface area (Å²) in [6, 6.07) is 1.97. The average molecular weight is 292 g/mol. The zero-order valence-corrected chi connectivity index (χ0v) is 12.8. The largest absolute Gasteiger partial charge is 0.382 e. The van der Waals surface area contributed by atoms with Gasteiger partial charge >= 0.3 is 6.03 Å². The third kappa shape index (κ3) is 3.05. The molecule has 1 saturated heterocycles. The zero-order valence-electron chi connectivity index (χ0n) is 12.8. The van der Waals surface area contributed by atoms with Crippen molar-refractivity contribution >= 4 is 11.8 Å². The number of amides is 2. The molecular formula is C15H24N4O2. The van der Waals surface area contributed by atoms with Crippen LogP contribution in [0.15, 0.2) is 12.3 Å². The maximum absolute atomic E-state index is 12.3. The van der Waals surface area contributed by atoms with Gasteiger partial charge in [-0.2, -0.15) is 5.10 Å². The molecular weight excluding hydrogens is 268 g/mol. The maximum Gasteiger partial charge on any atom is 0.323 e. The van der Waals surface area contributed by atoms with Gasteiger partial charge in [0, 0.05) is 32.5 Å². The van der Waals surface area contributed by atoms with Crippen LogP contribution in [0.1, 0.15) is 32.2 Å². The second-order valence-electron chi connectivity index (χ2n) is 6.27. The number of anilines is 1. The van der Waals surface area contributed by atoms with Gasteiger partial charge in [0.15, 0.2) is 5.82 Å². The van der Waals surface area contributed by atoms with Gasteiger partial charge in [-0.1, -0.05) is 6.42 Å². The van der Waals surface area contributed by atoms with Gasteiger partial charge in [0.2, 0.25) is 0 Å². The molecule has 0 unspecified atom stereocenters. The van der Waals surface area contributed by atoms with Gasteiger partial charge in [0.25, 0.3) is 0 Å². The zero-order chi connectivity index (χ0) is 14.8. The van der Waals surface area contributed by atoms with E-state index >= 15 is 0 Å². The Labute approximate surface area is 125 Å². The summed E-state index contributed by atoms with van der Waals surface area (Å²) in [5, 5.41) is 7.30. The van der Waals surface area contributed by atoms with Crippen molar-refractivity contribution in [3.63, 3.8) is 0 Å². The number of hydrogen-bond donors (Lipinski definition) is 1. The van der Waals surface area contributed by atoms with E-state index in [4.69, 9.17) is 4.74 Å². The van der Waals surface area contributed by atoms with Crippen LogP contribution in [0.5, 0.6) is 0 Å². The van der Waals surface area contributed by atoms with Crippen molar-refractivity contribution in [2.45, 2.75) is 32.2 Å². The van der Waals surface area contributed by atoms with Crippen molar-refractivity contribution in [3.05, 3.63) is 12.3 Å². The van der Waals surface area contributed by atoms with E-state index < -0.39 is 0 Å². The highest BCUT2D eigenvalue weighted by atomic mass is 16.5. The predicted octanol–water partition coefficient (Wildman–Crippen LogP) is 2.35. The van der Waals surface area contributed by atoms with E-state index in [-0.39, 0.29) is 12.1 Å². The summed E-state index contributed by atoms with van der Waals surface area (Å²) >= 11 is 0. The first-order chi connectivity index (χ1) is 10.2. The molecule has 1 aromatic rings. The predicted molar refractivity (Wildman–Crippen MR) is 80.2 cm³/mol. The molecule has 6 heteroatoms. The number of fused-ring (bicyclic) bond motifs is 1. The van der Waals surface area contributed by atoms with Crippen molar-refractivity contribution in [3.8, 4) is 0 Å². The van der Waals surface area contributed by atoms with Crippen molar-refractivity contribution in [2.24, 2.45) is 11.8 Å². The molecule has 1 aliphatic carbocycles. The molecule has 3 atom stereocenters. The molecule has 0 spiro atoms. The van der Waals surface area contributed by atoms with E-state index in [0.29, 0.717) is 12.4 Å². The topological polar surface area (TPSA) is 59.4 Å². The van der Waals surface area contributed by atoms with Crippen LogP contribution in [0.3, 0.4) is 0 Å². The molecule has 2 aliphatic rings. The summed E-state index contributed by atoms with van der Waals surface area (Å²) in [5.74, 6) is 2.05. The lowest BCUT2D eigenvalue weighted by Crippen LogP contribution is -2.33. The first-order valence-electron chi connectivity index (χ1n) is 7.77. The van der Waals surface area contributed by atoms with Crippen LogP contribution in [0.2, 0.25) is 0 Å². The highest BCUT2D eigenvalue weighted by Gasteiger charge is 2.38. The van der Waals surface area contributed by atoms with E-state index in [2.05, 4.69) is 10.4 Å². The number of urea groups is 1. The number of ether oxygens (including phenoxy) is 1. The fourth-order valence-electron chi connectivity index (χ4n) is 3.56. The Kier molecular flexibility index (Phi) is 4.14. The average Bonchev–Trinajstić information content (AvgIpc) is 3.13. The summed E-state index contributed by atoms with van der Waals surface area (Å²) in [6.07, 6.45) is 5.75. The van der Waals surface area contributed by atoms with E-state index in [1.807, 2.05) is 28.8 Å². The van der Waals surface area contributed by atoms with Gasteiger partial charge in [-0.15, -0.1) is 0 Å². The highest BCUT2D eigenvalue weighted by Crippen LogP contribution is 2.37. The van der Waals surface area contributed by atoms with Crippen molar-refractivity contribution < 1.29 is 9.53 Å². The fraction of sp³-hybridized carbons (Fsp3) is 0.733. The Morgan fingerprint density at radius 3 is 2.86 bits per heavy atom. The van der Waals surface area contributed by atoms with Gasteiger partial charge in [0.1, 0.15) is 0 Å². The molecule has 0 bridgehead atoms. The second kappa shape index (κ2) is 6.05. The Morgan fingerprint density at radius 2 is 2.19 bits per heavy atom. The van der Waals surface area contributed by atoms with Crippen LogP contribution in [0.4, 0.5) is 10.6 Å². The number of rotatable bonds is 4. The van der Waals surface area contributed by atoms with Gasteiger partial charge in [-0.3, -0.25) is 10.00 Å². The molecule has 0 radical (unpaired) electrons. The number of hydrogen-bond acceptors (Lipinski definition) is 3. The standard InChI is InChI=1S/C15H24N4O2/c1-11(10-21-2)19-7-6-14(17-19)16-15(20)18-8-12-4-3-5-13(12)9-18/h6-7,11-13H,3-5,8-10H2,1-2H3,(H,16,17,20)/t11-,12-,13-/m0/s1. The Morgan fingerprint density at radius 1 is 1.48 bits per heavy atom. The molecule has 6 nitrogen and oxygen atoms in total. The molecule has 116 valence electrons. The van der Waals surface area contributed by atoms with E-state index in [1.54, 1.807) is 7.11 Å². The molecule has 3 rings (SSSR count). The lowest BCUT2D eigenvalue weighted by Gasteiger charge is -2.17. The lowest BCUT2D eigenvalue weighted by molar-refractivity contribution is 0.157. The Hall–Kier alpha value is -1.56. The molecule has 1 aromatic heterocycles. The molecule has 0 aromatic carbocycles. The molecule has 1 N–H and O–H groups in total. The summed E-state index contributed by atoms with van der Waals surface area (Å²) < 4.78 is 6.93. The van der Waals surface area contributed by atoms with Crippen molar-refractivity contribution in [1.29, 1.82) is 0 Å². The molecule has 1 aliphatic heterocycles. The third-order valence-corrected chi connectivity index (χ3v) is 4.72. The number of carbonyl (C=O) groups is 1. The Bertz CT molecular complexity index is 490. The van der Waals surface area contributed by atoms with E-state index in [9.17, 15) is 4.79 Å². The molecule has 21 heavy (non-hydrogen) atoms. The monoisotopic (exact) mass is 292 g/mol. The molecule has 2 fully saturated rings. The number of likely N-dealkylation sites (tertiary alicyclic amines) is 1. The van der Waals surface area contributed by atoms with E-state index in [0.717, 1.165) is 24.9 Å². The van der Waals surface area contributed by atoms with Crippen LogP contribution in [-0.2, 0) is 4.74 Å². The fourth-order valence-corrected chi connectivity index (χ4v) is 3.56. The van der Waals surface area contributed by atoms with Crippen LogP contribution >= 0.6 is 0 Å². The van der Waals surface area contributed by atoms with Gasteiger partial charge in [-0.25, -0.2) is 4.79 Å². The quantitative estimate of drug-likeness (QED) is 0.926. The SMILES string of the molecule is COC[C@H](C)n1ccc(NC(=O)N2C[C@@H]3CCC[C@H]3C2)n1. The van der Waals surface area contributed by atoms with Crippen LogP contribution in [0, 0.1) is 11.8 Å². The summed E-state index contributed by atoms with van der Waals surface area (Å²) in [6.45, 7) is 4.43. The molecule has 2 amide bonds. The van der Waals surface area contributed by atoms with Crippen molar-refractivity contribution in [2.75, 3.05) is 32.1 Å². The smallest absolute Gasteiger partial charge is 0.323 e. The third-order valence-electron chi connectivity index (χ3n) is 4.72. The van der Waals surface area contributed by atoms with Crippen molar-refractivity contribution in [1.82, 2.24) is 14.7 Å². The van der Waals surface area contributed by atoms with Gasteiger partial charge in [-0.05, 0) is 31.6 Å². The minimum atomic E-state index is -0.0194. The Balaban J connectivity index is 1.55. The first kappa shape index (κ1) is 14.4. The number of nitrogens with one attached hydrogen (secondary N) is 1. The van der Waals surface area contributed by atoms with Crippen LogP contribution < -0.4 is 5.32 Å². The number of nitrogens with zero attached hydrogens (tertiary/aromatic N) is 3. The first-order valence-corrected chi connectivity index (χ1v) is 7.77.